The molecule has 2 fully saturated rings. The van der Waals surface area contributed by atoms with Gasteiger partial charge in [-0.15, -0.1) is 0 Å². The predicted molar refractivity (Wildman–Crippen MR) is 103 cm³/mol. The van der Waals surface area contributed by atoms with E-state index in [4.69, 9.17) is 0 Å². The number of hydrogen-bond acceptors (Lipinski definition) is 3. The SMILES string of the molecule is CCC(C(C)C)N(C(C)(C)C)S(=O)(=O)C[C@]12CC[C@@H](CC1=O)C2(C)C. The van der Waals surface area contributed by atoms with E-state index in [-0.39, 0.29) is 28.9 Å². The Morgan fingerprint density at radius 3 is 2.12 bits per heavy atom. The molecule has 2 saturated carbocycles. The van der Waals surface area contributed by atoms with E-state index in [1.54, 1.807) is 4.31 Å². The normalized spacial score (nSPS) is 30.5. The van der Waals surface area contributed by atoms with E-state index in [1.165, 1.54) is 0 Å². The molecule has 25 heavy (non-hydrogen) atoms. The predicted octanol–water partition coefficient (Wildman–Crippen LogP) is 4.25. The van der Waals surface area contributed by atoms with Crippen LogP contribution in [0.1, 0.15) is 81.1 Å². The van der Waals surface area contributed by atoms with Gasteiger partial charge in [0, 0.05) is 23.4 Å². The summed E-state index contributed by atoms with van der Waals surface area (Å²) in [6.07, 6.45) is 3.03. The third-order valence-electron chi connectivity index (χ3n) is 7.02. The number of carbonyl (C=O) groups excluding carboxylic acids is 1. The summed E-state index contributed by atoms with van der Waals surface area (Å²) in [7, 11) is -3.56. The molecule has 3 atom stereocenters. The van der Waals surface area contributed by atoms with Gasteiger partial charge in [0.25, 0.3) is 0 Å². The van der Waals surface area contributed by atoms with Crippen molar-refractivity contribution in [1.29, 1.82) is 0 Å². The summed E-state index contributed by atoms with van der Waals surface area (Å²) in [4.78, 5) is 12.8. The summed E-state index contributed by atoms with van der Waals surface area (Å²) in [5.41, 5.74) is -1.42. The minimum atomic E-state index is -3.56. The molecule has 0 heterocycles. The molecule has 2 aliphatic rings. The number of ketones is 1. The van der Waals surface area contributed by atoms with Crippen molar-refractivity contribution in [3.05, 3.63) is 0 Å². The number of carbonyl (C=O) groups is 1. The molecular weight excluding hydrogens is 334 g/mol. The van der Waals surface area contributed by atoms with E-state index in [0.29, 0.717) is 12.3 Å². The maximum atomic E-state index is 13.6. The third kappa shape index (κ3) is 3.20. The molecule has 0 amide bonds. The first-order chi connectivity index (χ1) is 11.2. The van der Waals surface area contributed by atoms with Crippen LogP contribution < -0.4 is 0 Å². The summed E-state index contributed by atoms with van der Waals surface area (Å²) >= 11 is 0. The summed E-state index contributed by atoms with van der Waals surface area (Å²) in [6.45, 7) is 16.3. The molecule has 0 aromatic carbocycles. The molecule has 1 unspecified atom stereocenters. The Bertz CT molecular complexity index is 630. The lowest BCUT2D eigenvalue weighted by atomic mass is 9.70. The van der Waals surface area contributed by atoms with Gasteiger partial charge in [0.1, 0.15) is 5.78 Å². The van der Waals surface area contributed by atoms with Gasteiger partial charge >= 0.3 is 0 Å². The molecule has 0 spiro atoms. The van der Waals surface area contributed by atoms with Crippen LogP contribution in [0.3, 0.4) is 0 Å². The third-order valence-corrected chi connectivity index (χ3v) is 9.29. The van der Waals surface area contributed by atoms with E-state index < -0.39 is 21.0 Å². The molecule has 0 radical (unpaired) electrons. The Labute approximate surface area is 154 Å². The topological polar surface area (TPSA) is 54.5 Å². The van der Waals surface area contributed by atoms with Crippen LogP contribution in [0.5, 0.6) is 0 Å². The highest BCUT2D eigenvalue weighted by Gasteiger charge is 2.66. The number of fused-ring (bicyclic) bond motifs is 2. The minimum Gasteiger partial charge on any atom is -0.299 e. The Morgan fingerprint density at radius 1 is 1.24 bits per heavy atom. The molecule has 2 bridgehead atoms. The summed E-state index contributed by atoms with van der Waals surface area (Å²) in [6, 6.07) is -0.0433. The molecular formula is C20H37NO3S. The van der Waals surface area contributed by atoms with Crippen molar-refractivity contribution < 1.29 is 13.2 Å². The fourth-order valence-corrected chi connectivity index (χ4v) is 8.60. The van der Waals surface area contributed by atoms with Crippen LogP contribution in [-0.2, 0) is 14.8 Å². The summed E-state index contributed by atoms with van der Waals surface area (Å²) in [5, 5.41) is 0. The highest BCUT2D eigenvalue weighted by atomic mass is 32.2. The van der Waals surface area contributed by atoms with Crippen LogP contribution in [0.25, 0.3) is 0 Å². The van der Waals surface area contributed by atoms with Gasteiger partial charge in [-0.3, -0.25) is 4.79 Å². The molecule has 0 aromatic rings. The van der Waals surface area contributed by atoms with Crippen molar-refractivity contribution in [3.8, 4) is 0 Å². The molecule has 4 nitrogen and oxygen atoms in total. The average molecular weight is 372 g/mol. The van der Waals surface area contributed by atoms with E-state index >= 15 is 0 Å². The van der Waals surface area contributed by atoms with Gasteiger partial charge in [-0.25, -0.2) is 8.42 Å². The number of sulfonamides is 1. The van der Waals surface area contributed by atoms with Gasteiger partial charge in [-0.2, -0.15) is 4.31 Å². The van der Waals surface area contributed by atoms with E-state index in [9.17, 15) is 13.2 Å². The number of Topliss-reactive ketones (excluding diaryl/α,β-unsaturated/α-hetero) is 1. The van der Waals surface area contributed by atoms with Gasteiger partial charge < -0.3 is 0 Å². The van der Waals surface area contributed by atoms with Gasteiger partial charge in [-0.05, 0) is 57.3 Å². The summed E-state index contributed by atoms with van der Waals surface area (Å²) in [5.74, 6) is 0.720. The second-order valence-corrected chi connectivity index (χ2v) is 12.0. The number of rotatable bonds is 6. The lowest BCUT2D eigenvalue weighted by Crippen LogP contribution is -2.56. The number of hydrogen-bond donors (Lipinski definition) is 0. The van der Waals surface area contributed by atoms with Crippen LogP contribution in [-0.4, -0.2) is 35.8 Å². The first kappa shape index (κ1) is 20.9. The molecule has 0 N–H and O–H groups in total. The quantitative estimate of drug-likeness (QED) is 0.701. The van der Waals surface area contributed by atoms with Crippen molar-refractivity contribution in [2.45, 2.75) is 92.7 Å². The lowest BCUT2D eigenvalue weighted by Gasteiger charge is -2.45. The maximum Gasteiger partial charge on any atom is 0.215 e. The van der Waals surface area contributed by atoms with Gasteiger partial charge in [0.05, 0.1) is 5.75 Å². The van der Waals surface area contributed by atoms with Crippen molar-refractivity contribution in [2.24, 2.45) is 22.7 Å². The monoisotopic (exact) mass is 371 g/mol. The first-order valence-electron chi connectivity index (χ1n) is 9.76. The molecule has 0 saturated heterocycles. The number of nitrogens with zero attached hydrogens (tertiary/aromatic N) is 1. The van der Waals surface area contributed by atoms with E-state index in [1.807, 2.05) is 27.7 Å². The standard InChI is InChI=1S/C20H37NO3S/c1-9-16(14(2)3)21(18(4,5)6)25(23,24)13-20-11-10-15(12-17(20)22)19(20,7)8/h14-16H,9-13H2,1-8H3/t15-,16?,20+/m0/s1. The first-order valence-corrected chi connectivity index (χ1v) is 11.4. The molecule has 0 aliphatic heterocycles. The second-order valence-electron chi connectivity index (χ2n) is 10.1. The van der Waals surface area contributed by atoms with Crippen LogP contribution in [0.2, 0.25) is 0 Å². The van der Waals surface area contributed by atoms with E-state index in [0.717, 1.165) is 19.3 Å². The molecule has 146 valence electrons. The van der Waals surface area contributed by atoms with Crippen molar-refractivity contribution in [3.63, 3.8) is 0 Å². The fraction of sp³-hybridized carbons (Fsp3) is 0.950. The fourth-order valence-electron chi connectivity index (χ4n) is 5.52. The summed E-state index contributed by atoms with van der Waals surface area (Å²) < 4.78 is 29.0. The minimum absolute atomic E-state index is 0.0250. The van der Waals surface area contributed by atoms with Crippen LogP contribution >= 0.6 is 0 Å². The van der Waals surface area contributed by atoms with Crippen LogP contribution in [0.15, 0.2) is 0 Å². The van der Waals surface area contributed by atoms with Crippen LogP contribution in [0, 0.1) is 22.7 Å². The van der Waals surface area contributed by atoms with Crippen molar-refractivity contribution >= 4 is 15.8 Å². The zero-order chi connectivity index (χ0) is 19.4. The smallest absolute Gasteiger partial charge is 0.215 e. The Hall–Kier alpha value is -0.420. The van der Waals surface area contributed by atoms with Crippen molar-refractivity contribution in [1.82, 2.24) is 4.31 Å². The zero-order valence-corrected chi connectivity index (χ0v) is 18.2. The molecule has 2 aliphatic carbocycles. The van der Waals surface area contributed by atoms with Crippen LogP contribution in [0.4, 0.5) is 0 Å². The van der Waals surface area contributed by atoms with Gasteiger partial charge in [0.2, 0.25) is 10.0 Å². The second kappa shape index (κ2) is 6.33. The Kier molecular flexibility index (Phi) is 5.29. The molecule has 5 heteroatoms. The maximum absolute atomic E-state index is 13.6. The highest BCUT2D eigenvalue weighted by Crippen LogP contribution is 2.64. The Morgan fingerprint density at radius 2 is 1.80 bits per heavy atom. The highest BCUT2D eigenvalue weighted by molar-refractivity contribution is 7.89. The van der Waals surface area contributed by atoms with E-state index in [2.05, 4.69) is 27.7 Å². The average Bonchev–Trinajstić information content (AvgIpc) is 2.76. The largest absolute Gasteiger partial charge is 0.299 e. The molecule has 2 rings (SSSR count). The van der Waals surface area contributed by atoms with Gasteiger partial charge in [0.15, 0.2) is 0 Å². The lowest BCUT2D eigenvalue weighted by molar-refractivity contribution is -0.128. The zero-order valence-electron chi connectivity index (χ0n) is 17.3. The van der Waals surface area contributed by atoms with Gasteiger partial charge in [-0.1, -0.05) is 34.6 Å². The molecule has 0 aromatic heterocycles. The Balaban J connectivity index is 2.47. The van der Waals surface area contributed by atoms with Crippen molar-refractivity contribution in [2.75, 3.05) is 5.75 Å².